The van der Waals surface area contributed by atoms with Crippen LogP contribution < -0.4 is 0 Å². The van der Waals surface area contributed by atoms with E-state index in [1.165, 1.54) is 12.1 Å². The maximum absolute atomic E-state index is 13.2. The van der Waals surface area contributed by atoms with Crippen LogP contribution in [0.1, 0.15) is 23.1 Å². The van der Waals surface area contributed by atoms with Crippen LogP contribution >= 0.6 is 0 Å². The Morgan fingerprint density at radius 2 is 1.52 bits per heavy atom. The van der Waals surface area contributed by atoms with Crippen LogP contribution in [0.4, 0.5) is 4.39 Å². The van der Waals surface area contributed by atoms with Crippen LogP contribution in [0.5, 0.6) is 0 Å². The Hall–Kier alpha value is -4.12. The third kappa shape index (κ3) is 4.58. The first-order chi connectivity index (χ1) is 16.2. The molecule has 0 N–H and O–H groups in total. The van der Waals surface area contributed by atoms with E-state index in [2.05, 4.69) is 4.99 Å². The average molecular weight is 436 g/mol. The van der Waals surface area contributed by atoms with Gasteiger partial charge in [0.1, 0.15) is 11.5 Å². The molecule has 3 aromatic rings. The van der Waals surface area contributed by atoms with Gasteiger partial charge in [0.15, 0.2) is 5.84 Å². The lowest BCUT2D eigenvalue weighted by molar-refractivity contribution is -0.120. The van der Waals surface area contributed by atoms with E-state index in [0.29, 0.717) is 30.8 Å². The van der Waals surface area contributed by atoms with Crippen molar-refractivity contribution in [1.29, 1.82) is 0 Å². The number of benzene rings is 3. The zero-order chi connectivity index (χ0) is 22.6. The molecule has 33 heavy (non-hydrogen) atoms. The molecule has 0 unspecified atom stereocenters. The van der Waals surface area contributed by atoms with Crippen LogP contribution in [0.15, 0.2) is 113 Å². The number of allylic oxidation sites excluding steroid dienone is 1. The van der Waals surface area contributed by atoms with Crippen LogP contribution in [-0.4, -0.2) is 22.4 Å². The van der Waals surface area contributed by atoms with Crippen molar-refractivity contribution in [2.45, 2.75) is 19.3 Å². The Bertz CT molecular complexity index is 1290. The van der Waals surface area contributed by atoms with E-state index in [1.807, 2.05) is 66.7 Å². The highest BCUT2D eigenvalue weighted by Gasteiger charge is 2.34. The van der Waals surface area contributed by atoms with E-state index in [-0.39, 0.29) is 11.7 Å². The first kappa shape index (κ1) is 20.8. The predicted octanol–water partition coefficient (Wildman–Crippen LogP) is 5.58. The molecule has 0 aromatic heterocycles. The number of nitrogens with zero attached hydrogens (tertiary/aromatic N) is 3. The summed E-state index contributed by atoms with van der Waals surface area (Å²) < 4.78 is 13.1. The van der Waals surface area contributed by atoms with Crippen molar-refractivity contribution in [1.82, 2.24) is 4.90 Å². The highest BCUT2D eigenvalue weighted by molar-refractivity contribution is 6.48. The van der Waals surface area contributed by atoms with E-state index in [4.69, 9.17) is 4.99 Å². The van der Waals surface area contributed by atoms with E-state index < -0.39 is 0 Å². The molecule has 0 aliphatic carbocycles. The van der Waals surface area contributed by atoms with Crippen LogP contribution in [-0.2, 0) is 17.6 Å². The number of aliphatic imine (C=N–C) groups is 2. The summed E-state index contributed by atoms with van der Waals surface area (Å²) in [6, 6.07) is 26.3. The third-order valence-corrected chi connectivity index (χ3v) is 5.63. The van der Waals surface area contributed by atoms with Crippen molar-refractivity contribution < 1.29 is 9.18 Å². The SMILES string of the molecule is O=C1/C(=C/CCc2ccc(F)cc2)N=C2C(Cc3ccccc3)=NC(c3ccccc3)=CN12. The molecular weight excluding hydrogens is 413 g/mol. The zero-order valence-electron chi connectivity index (χ0n) is 18.0. The summed E-state index contributed by atoms with van der Waals surface area (Å²) in [7, 11) is 0. The van der Waals surface area contributed by atoms with Gasteiger partial charge in [-0.1, -0.05) is 78.9 Å². The minimum atomic E-state index is -0.252. The molecule has 0 fully saturated rings. The van der Waals surface area contributed by atoms with Crippen molar-refractivity contribution in [3.05, 3.63) is 125 Å². The number of carbonyl (C=O) groups excluding carboxylic acids is 1. The molecule has 5 rings (SSSR count). The van der Waals surface area contributed by atoms with Gasteiger partial charge in [-0.15, -0.1) is 0 Å². The van der Waals surface area contributed by atoms with Gasteiger partial charge in [0.2, 0.25) is 0 Å². The Morgan fingerprint density at radius 3 is 2.24 bits per heavy atom. The molecule has 0 atom stereocenters. The minimum Gasteiger partial charge on any atom is -0.266 e. The fraction of sp³-hybridized carbons (Fsp3) is 0.107. The predicted molar refractivity (Wildman–Crippen MR) is 129 cm³/mol. The molecule has 4 nitrogen and oxygen atoms in total. The molecule has 2 aliphatic heterocycles. The third-order valence-electron chi connectivity index (χ3n) is 5.63. The number of carbonyl (C=O) groups is 1. The molecule has 0 saturated carbocycles. The monoisotopic (exact) mass is 435 g/mol. The van der Waals surface area contributed by atoms with Crippen molar-refractivity contribution in [3.8, 4) is 0 Å². The molecule has 5 heteroatoms. The molecule has 162 valence electrons. The summed E-state index contributed by atoms with van der Waals surface area (Å²) in [4.78, 5) is 24.4. The van der Waals surface area contributed by atoms with E-state index in [9.17, 15) is 9.18 Å². The summed E-state index contributed by atoms with van der Waals surface area (Å²) in [6.07, 6.45) is 5.55. The first-order valence-electron chi connectivity index (χ1n) is 10.9. The lowest BCUT2D eigenvalue weighted by Gasteiger charge is -2.21. The number of aryl methyl sites for hydroxylation is 1. The van der Waals surface area contributed by atoms with Crippen molar-refractivity contribution >= 4 is 23.2 Å². The molecule has 0 spiro atoms. The Balaban J connectivity index is 1.44. The standard InChI is InChI=1S/C28H22FN3O/c29-23-16-14-20(15-17-23)10-7-13-24-28(33)32-19-26(22-11-5-2-6-12-22)30-25(27(32)31-24)18-21-8-3-1-4-9-21/h1-6,8-9,11-17,19H,7,10,18H2/b24-13-. The van der Waals surface area contributed by atoms with Crippen LogP contribution in [0, 0.1) is 5.82 Å². The maximum Gasteiger partial charge on any atom is 0.281 e. The lowest BCUT2D eigenvalue weighted by atomic mass is 10.1. The molecule has 0 saturated heterocycles. The van der Waals surface area contributed by atoms with Gasteiger partial charge in [-0.3, -0.25) is 9.69 Å². The van der Waals surface area contributed by atoms with Gasteiger partial charge in [0.05, 0.1) is 11.4 Å². The van der Waals surface area contributed by atoms with Gasteiger partial charge in [-0.05, 0) is 36.1 Å². The van der Waals surface area contributed by atoms with Gasteiger partial charge in [-0.2, -0.15) is 0 Å². The second-order valence-corrected chi connectivity index (χ2v) is 7.97. The summed E-state index contributed by atoms with van der Waals surface area (Å²) in [5.74, 6) is 0.173. The molecule has 3 aromatic carbocycles. The van der Waals surface area contributed by atoms with Crippen molar-refractivity contribution in [2.75, 3.05) is 0 Å². The summed E-state index contributed by atoms with van der Waals surface area (Å²) >= 11 is 0. The number of fused-ring (bicyclic) bond motifs is 1. The van der Waals surface area contributed by atoms with Gasteiger partial charge < -0.3 is 0 Å². The molecular formula is C28H22FN3O. The average Bonchev–Trinajstić information content (AvgIpc) is 3.17. The molecule has 0 bridgehead atoms. The van der Waals surface area contributed by atoms with E-state index in [0.717, 1.165) is 28.1 Å². The smallest absolute Gasteiger partial charge is 0.266 e. The second kappa shape index (κ2) is 9.17. The van der Waals surface area contributed by atoms with Gasteiger partial charge in [0.25, 0.3) is 5.91 Å². The number of amidine groups is 1. The summed E-state index contributed by atoms with van der Waals surface area (Å²) in [5.41, 5.74) is 4.98. The number of rotatable bonds is 6. The quantitative estimate of drug-likeness (QED) is 0.466. The zero-order valence-corrected chi connectivity index (χ0v) is 18.0. The minimum absolute atomic E-state index is 0.155. The van der Waals surface area contributed by atoms with Crippen LogP contribution in [0.25, 0.3) is 5.70 Å². The fourth-order valence-electron chi connectivity index (χ4n) is 3.92. The largest absolute Gasteiger partial charge is 0.281 e. The van der Waals surface area contributed by atoms with E-state index >= 15 is 0 Å². The van der Waals surface area contributed by atoms with Gasteiger partial charge in [0, 0.05) is 18.2 Å². The second-order valence-electron chi connectivity index (χ2n) is 7.97. The Labute approximate surface area is 192 Å². The van der Waals surface area contributed by atoms with E-state index in [1.54, 1.807) is 23.2 Å². The normalized spacial score (nSPS) is 16.4. The molecule has 2 aliphatic rings. The maximum atomic E-state index is 13.2. The highest BCUT2D eigenvalue weighted by atomic mass is 19.1. The van der Waals surface area contributed by atoms with Crippen LogP contribution in [0.3, 0.4) is 0 Å². The number of hydrogen-bond donors (Lipinski definition) is 0. The summed E-state index contributed by atoms with van der Waals surface area (Å²) in [5, 5.41) is 0. The number of amides is 1. The van der Waals surface area contributed by atoms with Gasteiger partial charge >= 0.3 is 0 Å². The van der Waals surface area contributed by atoms with Gasteiger partial charge in [-0.25, -0.2) is 14.4 Å². The number of hydrogen-bond acceptors (Lipinski definition) is 3. The van der Waals surface area contributed by atoms with Crippen molar-refractivity contribution in [2.24, 2.45) is 9.98 Å². The topological polar surface area (TPSA) is 45.0 Å². The summed E-state index contributed by atoms with van der Waals surface area (Å²) in [6.45, 7) is 0. The molecule has 0 radical (unpaired) electrons. The van der Waals surface area contributed by atoms with Crippen molar-refractivity contribution in [3.63, 3.8) is 0 Å². The fourth-order valence-corrected chi connectivity index (χ4v) is 3.92. The highest BCUT2D eigenvalue weighted by Crippen LogP contribution is 2.28. The first-order valence-corrected chi connectivity index (χ1v) is 10.9. The lowest BCUT2D eigenvalue weighted by Crippen LogP contribution is -2.36. The Morgan fingerprint density at radius 1 is 0.818 bits per heavy atom. The molecule has 2 heterocycles. The Kier molecular flexibility index (Phi) is 5.77. The molecule has 1 amide bonds. The number of halogens is 1. The van der Waals surface area contributed by atoms with Crippen LogP contribution in [0.2, 0.25) is 0 Å².